The van der Waals surface area contributed by atoms with Crippen LogP contribution in [0.25, 0.3) is 15.7 Å². The lowest BCUT2D eigenvalue weighted by atomic mass is 9.87. The second kappa shape index (κ2) is 7.96. The number of urea groups is 1. The molecule has 0 aliphatic heterocycles. The van der Waals surface area contributed by atoms with Crippen LogP contribution in [0.15, 0.2) is 47.2 Å². The molecule has 3 heterocycles. The SMILES string of the molecule is CC(C)(C)c1ccc(NC(=O)NCCc2csc3nc(-c4cccs4)nn23)cc1. The van der Waals surface area contributed by atoms with Crippen molar-refractivity contribution in [2.75, 3.05) is 11.9 Å². The molecular weight excluding hydrogens is 402 g/mol. The molecule has 0 saturated carbocycles. The van der Waals surface area contributed by atoms with E-state index in [1.54, 1.807) is 22.7 Å². The van der Waals surface area contributed by atoms with Gasteiger partial charge in [0.2, 0.25) is 4.96 Å². The van der Waals surface area contributed by atoms with E-state index in [1.807, 2.05) is 51.7 Å². The number of hydrogen-bond acceptors (Lipinski definition) is 5. The molecule has 0 aliphatic rings. The Bertz CT molecular complexity index is 1100. The summed E-state index contributed by atoms with van der Waals surface area (Å²) in [6.07, 6.45) is 0.684. The van der Waals surface area contributed by atoms with Gasteiger partial charge in [-0.15, -0.1) is 27.8 Å². The zero-order chi connectivity index (χ0) is 20.4. The van der Waals surface area contributed by atoms with Crippen LogP contribution in [0, 0.1) is 0 Å². The number of nitrogens with one attached hydrogen (secondary N) is 2. The van der Waals surface area contributed by atoms with E-state index in [4.69, 9.17) is 0 Å². The summed E-state index contributed by atoms with van der Waals surface area (Å²) in [6, 6.07) is 11.8. The molecule has 0 saturated heterocycles. The average molecular weight is 426 g/mol. The van der Waals surface area contributed by atoms with Crippen molar-refractivity contribution < 1.29 is 4.79 Å². The fourth-order valence-corrected chi connectivity index (χ4v) is 4.45. The highest BCUT2D eigenvalue weighted by Crippen LogP contribution is 2.25. The highest BCUT2D eigenvalue weighted by atomic mass is 32.1. The number of aromatic nitrogens is 3. The summed E-state index contributed by atoms with van der Waals surface area (Å²) in [7, 11) is 0. The number of amides is 2. The fraction of sp³-hybridized carbons (Fsp3) is 0.286. The van der Waals surface area contributed by atoms with Crippen molar-refractivity contribution in [2.45, 2.75) is 32.6 Å². The zero-order valence-electron chi connectivity index (χ0n) is 16.6. The van der Waals surface area contributed by atoms with E-state index in [0.29, 0.717) is 13.0 Å². The van der Waals surface area contributed by atoms with E-state index in [9.17, 15) is 4.79 Å². The zero-order valence-corrected chi connectivity index (χ0v) is 18.2. The van der Waals surface area contributed by atoms with Crippen LogP contribution in [-0.2, 0) is 11.8 Å². The first-order chi connectivity index (χ1) is 13.9. The van der Waals surface area contributed by atoms with Gasteiger partial charge in [0, 0.05) is 24.0 Å². The Morgan fingerprint density at radius 3 is 2.62 bits per heavy atom. The third-order valence-corrected chi connectivity index (χ3v) is 6.30. The Kier molecular flexibility index (Phi) is 5.38. The lowest BCUT2D eigenvalue weighted by Gasteiger charge is -2.19. The molecular formula is C21H23N5OS2. The number of fused-ring (bicyclic) bond motifs is 1. The van der Waals surface area contributed by atoms with Crippen molar-refractivity contribution in [3.63, 3.8) is 0 Å². The van der Waals surface area contributed by atoms with Gasteiger partial charge in [0.05, 0.1) is 10.6 Å². The quantitative estimate of drug-likeness (QED) is 0.463. The molecule has 0 fully saturated rings. The van der Waals surface area contributed by atoms with E-state index < -0.39 is 0 Å². The predicted octanol–water partition coefficient (Wildman–Crippen LogP) is 5.18. The van der Waals surface area contributed by atoms with Crippen LogP contribution in [0.4, 0.5) is 10.5 Å². The number of rotatable bonds is 5. The van der Waals surface area contributed by atoms with Gasteiger partial charge >= 0.3 is 6.03 Å². The minimum atomic E-state index is -0.210. The van der Waals surface area contributed by atoms with Crippen LogP contribution in [0.2, 0.25) is 0 Å². The summed E-state index contributed by atoms with van der Waals surface area (Å²) in [6.45, 7) is 7.03. The molecule has 4 rings (SSSR count). The van der Waals surface area contributed by atoms with Crippen molar-refractivity contribution in [1.29, 1.82) is 0 Å². The fourth-order valence-electron chi connectivity index (χ4n) is 2.94. The molecule has 0 spiro atoms. The minimum Gasteiger partial charge on any atom is -0.337 e. The molecule has 6 nitrogen and oxygen atoms in total. The van der Waals surface area contributed by atoms with Gasteiger partial charge in [0.25, 0.3) is 0 Å². The number of nitrogens with zero attached hydrogens (tertiary/aromatic N) is 3. The van der Waals surface area contributed by atoms with E-state index in [1.165, 1.54) is 5.56 Å². The summed E-state index contributed by atoms with van der Waals surface area (Å²) in [4.78, 5) is 18.7. The lowest BCUT2D eigenvalue weighted by Crippen LogP contribution is -2.30. The normalized spacial score (nSPS) is 11.7. The summed E-state index contributed by atoms with van der Waals surface area (Å²) >= 11 is 3.19. The van der Waals surface area contributed by atoms with Crippen molar-refractivity contribution in [1.82, 2.24) is 19.9 Å². The predicted molar refractivity (Wildman–Crippen MR) is 120 cm³/mol. The number of carbonyl (C=O) groups excluding carboxylic acids is 1. The maximum absolute atomic E-state index is 12.2. The maximum Gasteiger partial charge on any atom is 0.319 e. The standard InChI is InChI=1S/C21H23N5OS2/c1-21(2,3)14-6-8-15(9-7-14)23-19(27)22-11-10-16-13-29-20-24-18(25-26(16)20)17-5-4-12-28-17/h4-9,12-13H,10-11H2,1-3H3,(H2,22,23,27). The third-order valence-electron chi connectivity index (χ3n) is 4.57. The van der Waals surface area contributed by atoms with Crippen LogP contribution in [-0.4, -0.2) is 27.2 Å². The molecule has 29 heavy (non-hydrogen) atoms. The molecule has 4 aromatic rings. The second-order valence-corrected chi connectivity index (χ2v) is 9.58. The van der Waals surface area contributed by atoms with E-state index in [2.05, 4.69) is 41.5 Å². The van der Waals surface area contributed by atoms with Crippen molar-refractivity contribution >= 4 is 39.4 Å². The minimum absolute atomic E-state index is 0.0946. The average Bonchev–Trinajstić information content (AvgIpc) is 3.39. The first-order valence-electron chi connectivity index (χ1n) is 9.42. The monoisotopic (exact) mass is 425 g/mol. The highest BCUT2D eigenvalue weighted by Gasteiger charge is 2.14. The summed E-state index contributed by atoms with van der Waals surface area (Å²) in [5.74, 6) is 0.748. The van der Waals surface area contributed by atoms with Gasteiger partial charge in [-0.05, 0) is 34.6 Å². The van der Waals surface area contributed by atoms with E-state index in [0.717, 1.165) is 27.0 Å². The van der Waals surface area contributed by atoms with Crippen LogP contribution in [0.5, 0.6) is 0 Å². The molecule has 0 unspecified atom stereocenters. The van der Waals surface area contributed by atoms with E-state index >= 15 is 0 Å². The van der Waals surface area contributed by atoms with Crippen LogP contribution in [0.1, 0.15) is 32.0 Å². The number of hydrogen-bond donors (Lipinski definition) is 2. The van der Waals surface area contributed by atoms with Crippen LogP contribution < -0.4 is 10.6 Å². The van der Waals surface area contributed by atoms with E-state index in [-0.39, 0.29) is 11.4 Å². The largest absolute Gasteiger partial charge is 0.337 e. The molecule has 0 bridgehead atoms. The lowest BCUT2D eigenvalue weighted by molar-refractivity contribution is 0.252. The molecule has 150 valence electrons. The second-order valence-electron chi connectivity index (χ2n) is 7.79. The Morgan fingerprint density at radius 2 is 1.93 bits per heavy atom. The first-order valence-corrected chi connectivity index (χ1v) is 11.2. The van der Waals surface area contributed by atoms with Crippen LogP contribution >= 0.6 is 22.7 Å². The summed E-state index contributed by atoms with van der Waals surface area (Å²) in [5, 5.41) is 14.5. The van der Waals surface area contributed by atoms with Crippen molar-refractivity contribution in [2.24, 2.45) is 0 Å². The van der Waals surface area contributed by atoms with Crippen molar-refractivity contribution in [3.05, 3.63) is 58.4 Å². The molecule has 0 atom stereocenters. The Morgan fingerprint density at radius 1 is 1.14 bits per heavy atom. The Hall–Kier alpha value is -2.71. The number of benzene rings is 1. The summed E-state index contributed by atoms with van der Waals surface area (Å²) in [5.41, 5.74) is 3.15. The first kappa shape index (κ1) is 19.6. The molecule has 0 aliphatic carbocycles. The van der Waals surface area contributed by atoms with Gasteiger partial charge in [-0.25, -0.2) is 9.31 Å². The number of thiazole rings is 1. The maximum atomic E-state index is 12.2. The Labute approximate surface area is 177 Å². The Balaban J connectivity index is 1.32. The topological polar surface area (TPSA) is 71.3 Å². The molecule has 0 radical (unpaired) electrons. The van der Waals surface area contributed by atoms with Gasteiger partial charge in [0.15, 0.2) is 5.82 Å². The number of thiophene rings is 1. The van der Waals surface area contributed by atoms with Gasteiger partial charge in [-0.3, -0.25) is 0 Å². The van der Waals surface area contributed by atoms with Crippen molar-refractivity contribution in [3.8, 4) is 10.7 Å². The van der Waals surface area contributed by atoms with Gasteiger partial charge < -0.3 is 10.6 Å². The molecule has 3 aromatic heterocycles. The van der Waals surface area contributed by atoms with Gasteiger partial charge in [0.1, 0.15) is 0 Å². The molecule has 2 amide bonds. The highest BCUT2D eigenvalue weighted by molar-refractivity contribution is 7.15. The van der Waals surface area contributed by atoms with Gasteiger partial charge in [-0.1, -0.05) is 39.0 Å². The van der Waals surface area contributed by atoms with Gasteiger partial charge in [-0.2, -0.15) is 4.98 Å². The molecule has 2 N–H and O–H groups in total. The molecule has 1 aromatic carbocycles. The molecule has 8 heteroatoms. The van der Waals surface area contributed by atoms with Crippen LogP contribution in [0.3, 0.4) is 0 Å². The number of carbonyl (C=O) groups is 1. The smallest absolute Gasteiger partial charge is 0.319 e. The third kappa shape index (κ3) is 4.49. The summed E-state index contributed by atoms with van der Waals surface area (Å²) < 4.78 is 1.87. The number of anilines is 1.